The second kappa shape index (κ2) is 8.44. The van der Waals surface area contributed by atoms with Crippen LogP contribution in [0, 0.1) is 12.8 Å². The minimum absolute atomic E-state index is 0. The number of hydrogen-bond acceptors (Lipinski definition) is 4. The first-order valence-electron chi connectivity index (χ1n) is 8.39. The van der Waals surface area contributed by atoms with Crippen molar-refractivity contribution in [1.29, 1.82) is 0 Å². The van der Waals surface area contributed by atoms with Gasteiger partial charge in [-0.25, -0.2) is 4.98 Å². The molecule has 2 aliphatic heterocycles. The highest BCUT2D eigenvalue weighted by Gasteiger charge is 2.32. The molecule has 0 saturated carbocycles. The van der Waals surface area contributed by atoms with Crippen molar-refractivity contribution in [3.8, 4) is 0 Å². The second-order valence-corrected chi connectivity index (χ2v) is 6.48. The van der Waals surface area contributed by atoms with Gasteiger partial charge in [-0.2, -0.15) is 0 Å². The van der Waals surface area contributed by atoms with Gasteiger partial charge in [0.1, 0.15) is 5.82 Å². The lowest BCUT2D eigenvalue weighted by Crippen LogP contribution is -2.49. The molecule has 2 aliphatic rings. The summed E-state index contributed by atoms with van der Waals surface area (Å²) in [5.41, 5.74) is 1.06. The molecule has 6 nitrogen and oxygen atoms in total. The fourth-order valence-electron chi connectivity index (χ4n) is 3.28. The zero-order valence-corrected chi connectivity index (χ0v) is 14.8. The molecule has 2 atom stereocenters. The van der Waals surface area contributed by atoms with Gasteiger partial charge < -0.3 is 15.5 Å². The van der Waals surface area contributed by atoms with Crippen LogP contribution < -0.4 is 10.6 Å². The van der Waals surface area contributed by atoms with E-state index < -0.39 is 0 Å². The molecule has 3 rings (SSSR count). The molecule has 2 unspecified atom stereocenters. The summed E-state index contributed by atoms with van der Waals surface area (Å²) in [6, 6.07) is 3.67. The van der Waals surface area contributed by atoms with Gasteiger partial charge >= 0.3 is 0 Å². The molecule has 2 fully saturated rings. The van der Waals surface area contributed by atoms with E-state index in [4.69, 9.17) is 0 Å². The van der Waals surface area contributed by atoms with Gasteiger partial charge in [-0.15, -0.1) is 12.4 Å². The summed E-state index contributed by atoms with van der Waals surface area (Å²) in [4.78, 5) is 31.0. The van der Waals surface area contributed by atoms with Gasteiger partial charge in [-0.1, -0.05) is 6.07 Å². The summed E-state index contributed by atoms with van der Waals surface area (Å²) in [5.74, 6) is 0.519. The van der Waals surface area contributed by atoms with Crippen molar-refractivity contribution < 1.29 is 9.59 Å². The van der Waals surface area contributed by atoms with E-state index in [0.717, 1.165) is 44.3 Å². The number of hydrogen-bond donors (Lipinski definition) is 2. The fraction of sp³-hybridized carbons (Fsp3) is 0.588. The topological polar surface area (TPSA) is 74.3 Å². The maximum absolute atomic E-state index is 12.5. The normalized spacial score (nSPS) is 23.5. The number of rotatable bonds is 3. The van der Waals surface area contributed by atoms with Crippen LogP contribution >= 0.6 is 12.4 Å². The minimum Gasteiger partial charge on any atom is -0.341 e. The zero-order valence-electron chi connectivity index (χ0n) is 14.0. The highest BCUT2D eigenvalue weighted by molar-refractivity contribution is 5.92. The van der Waals surface area contributed by atoms with Gasteiger partial charge in [0.25, 0.3) is 0 Å². The number of likely N-dealkylation sites (tertiary alicyclic amines) is 1. The van der Waals surface area contributed by atoms with Gasteiger partial charge in [0.2, 0.25) is 11.8 Å². The van der Waals surface area contributed by atoms with E-state index in [1.54, 1.807) is 12.3 Å². The first-order valence-corrected chi connectivity index (χ1v) is 8.39. The summed E-state index contributed by atoms with van der Waals surface area (Å²) in [6.07, 6.45) is 5.38. The maximum Gasteiger partial charge on any atom is 0.239 e. The highest BCUT2D eigenvalue weighted by atomic mass is 35.5. The lowest BCUT2D eigenvalue weighted by Gasteiger charge is -2.33. The number of halogens is 1. The van der Waals surface area contributed by atoms with Crippen molar-refractivity contribution in [2.75, 3.05) is 25.0 Å². The Kier molecular flexibility index (Phi) is 6.57. The van der Waals surface area contributed by atoms with Gasteiger partial charge in [-0.05, 0) is 50.8 Å². The van der Waals surface area contributed by atoms with Gasteiger partial charge in [0.05, 0.1) is 12.0 Å². The van der Waals surface area contributed by atoms with E-state index in [9.17, 15) is 9.59 Å². The van der Waals surface area contributed by atoms with Crippen molar-refractivity contribution in [1.82, 2.24) is 15.2 Å². The van der Waals surface area contributed by atoms with Crippen molar-refractivity contribution in [2.45, 2.75) is 38.6 Å². The average molecular weight is 353 g/mol. The standard InChI is InChI=1S/C17H24N4O2.ClH/c1-12-6-7-15(19-10-12)20-16(22)13-4-3-9-21(11-13)17(23)14-5-2-8-18-14;/h6-7,10,13-14,18H,2-5,8-9,11H2,1H3,(H,19,20,22);1H. The molecule has 3 heterocycles. The third kappa shape index (κ3) is 4.45. The predicted molar refractivity (Wildman–Crippen MR) is 95.2 cm³/mol. The quantitative estimate of drug-likeness (QED) is 0.869. The van der Waals surface area contributed by atoms with Crippen LogP contribution in [0.1, 0.15) is 31.2 Å². The number of nitrogens with one attached hydrogen (secondary N) is 2. The number of amides is 2. The van der Waals surface area contributed by atoms with E-state index in [1.165, 1.54) is 0 Å². The molecule has 1 aromatic rings. The number of aryl methyl sites for hydroxylation is 1. The van der Waals surface area contributed by atoms with Gasteiger partial charge in [-0.3, -0.25) is 9.59 Å². The molecule has 0 bridgehead atoms. The van der Waals surface area contributed by atoms with Crippen LogP contribution in [-0.4, -0.2) is 47.4 Å². The minimum atomic E-state index is -0.155. The van der Waals surface area contributed by atoms with Crippen LogP contribution in [0.4, 0.5) is 5.82 Å². The predicted octanol–water partition coefficient (Wildman–Crippen LogP) is 1.74. The molecule has 7 heteroatoms. The molecule has 24 heavy (non-hydrogen) atoms. The Hall–Kier alpha value is -1.66. The molecule has 2 amide bonds. The second-order valence-electron chi connectivity index (χ2n) is 6.48. The molecule has 0 aliphatic carbocycles. The lowest BCUT2D eigenvalue weighted by atomic mass is 9.96. The molecule has 2 N–H and O–H groups in total. The lowest BCUT2D eigenvalue weighted by molar-refractivity contribution is -0.136. The Morgan fingerprint density at radius 3 is 2.79 bits per heavy atom. The van der Waals surface area contributed by atoms with Crippen LogP contribution in [0.2, 0.25) is 0 Å². The van der Waals surface area contributed by atoms with Crippen LogP contribution in [-0.2, 0) is 9.59 Å². The number of anilines is 1. The third-order valence-corrected chi connectivity index (χ3v) is 4.62. The first-order chi connectivity index (χ1) is 11.1. The number of piperidine rings is 1. The van der Waals surface area contributed by atoms with E-state index >= 15 is 0 Å². The van der Waals surface area contributed by atoms with Crippen LogP contribution in [0.15, 0.2) is 18.3 Å². The smallest absolute Gasteiger partial charge is 0.239 e. The van der Waals surface area contributed by atoms with E-state index in [2.05, 4.69) is 15.6 Å². The molecule has 0 spiro atoms. The van der Waals surface area contributed by atoms with E-state index in [1.807, 2.05) is 17.9 Å². The van der Waals surface area contributed by atoms with Crippen LogP contribution in [0.5, 0.6) is 0 Å². The van der Waals surface area contributed by atoms with E-state index in [-0.39, 0.29) is 36.2 Å². The summed E-state index contributed by atoms with van der Waals surface area (Å²) in [5, 5.41) is 6.11. The molecular formula is C17H25ClN4O2. The maximum atomic E-state index is 12.5. The average Bonchev–Trinajstić information content (AvgIpc) is 3.11. The fourth-order valence-corrected chi connectivity index (χ4v) is 3.28. The molecule has 0 aromatic carbocycles. The third-order valence-electron chi connectivity index (χ3n) is 4.62. The molecule has 1 aromatic heterocycles. The number of nitrogens with zero attached hydrogens (tertiary/aromatic N) is 2. The van der Waals surface area contributed by atoms with Gasteiger partial charge in [0, 0.05) is 19.3 Å². The van der Waals surface area contributed by atoms with Crippen LogP contribution in [0.3, 0.4) is 0 Å². The molecule has 132 valence electrons. The Morgan fingerprint density at radius 2 is 2.12 bits per heavy atom. The van der Waals surface area contributed by atoms with Crippen molar-refractivity contribution in [3.05, 3.63) is 23.9 Å². The first kappa shape index (κ1) is 18.7. The number of carbonyl (C=O) groups is 2. The number of pyridine rings is 1. The van der Waals surface area contributed by atoms with Crippen molar-refractivity contribution >= 4 is 30.0 Å². The van der Waals surface area contributed by atoms with E-state index in [0.29, 0.717) is 12.4 Å². The molecular weight excluding hydrogens is 328 g/mol. The number of carbonyl (C=O) groups excluding carboxylic acids is 2. The molecule has 2 saturated heterocycles. The Balaban J connectivity index is 0.00000208. The molecule has 0 radical (unpaired) electrons. The Bertz CT molecular complexity index is 572. The Morgan fingerprint density at radius 1 is 1.29 bits per heavy atom. The Labute approximate surface area is 148 Å². The summed E-state index contributed by atoms with van der Waals surface area (Å²) < 4.78 is 0. The number of aromatic nitrogens is 1. The van der Waals surface area contributed by atoms with Crippen molar-refractivity contribution in [2.24, 2.45) is 5.92 Å². The highest BCUT2D eigenvalue weighted by Crippen LogP contribution is 2.20. The summed E-state index contributed by atoms with van der Waals surface area (Å²) in [7, 11) is 0. The van der Waals surface area contributed by atoms with Crippen LogP contribution in [0.25, 0.3) is 0 Å². The monoisotopic (exact) mass is 352 g/mol. The van der Waals surface area contributed by atoms with Crippen molar-refractivity contribution in [3.63, 3.8) is 0 Å². The SMILES string of the molecule is Cc1ccc(NC(=O)C2CCCN(C(=O)C3CCCN3)C2)nc1.Cl. The summed E-state index contributed by atoms with van der Waals surface area (Å²) in [6.45, 7) is 4.13. The summed E-state index contributed by atoms with van der Waals surface area (Å²) >= 11 is 0. The zero-order chi connectivity index (χ0) is 16.2. The largest absolute Gasteiger partial charge is 0.341 e. The van der Waals surface area contributed by atoms with Gasteiger partial charge in [0.15, 0.2) is 0 Å².